The van der Waals surface area contributed by atoms with Crippen LogP contribution >= 0.6 is 0 Å². The van der Waals surface area contributed by atoms with Crippen LogP contribution in [0.25, 0.3) is 129 Å². The van der Waals surface area contributed by atoms with Gasteiger partial charge in [0.05, 0.1) is 11.0 Å². The Morgan fingerprint density at radius 1 is 0.311 bits per heavy atom. The van der Waals surface area contributed by atoms with Crippen LogP contribution < -0.4 is 0 Å². The minimum Gasteiger partial charge on any atom is -0.305 e. The number of hydrogen-bond acceptors (Lipinski definition) is 5. The predicted octanol–water partition coefficient (Wildman–Crippen LogP) is 20.0. The van der Waals surface area contributed by atoms with Gasteiger partial charge in [-0.15, -0.1) is 70.8 Å². The molecule has 3 aliphatic rings. The van der Waals surface area contributed by atoms with Crippen LogP contribution in [0.2, 0.25) is 0 Å². The second-order valence-electron chi connectivity index (χ2n) is 25.1. The molecule has 8 heteroatoms. The summed E-state index contributed by atoms with van der Waals surface area (Å²) in [7, 11) is 0. The van der Waals surface area contributed by atoms with Gasteiger partial charge in [0, 0.05) is 90.7 Å². The Balaban J connectivity index is 0.000000164. The Bertz CT molecular complexity index is 5050. The minimum atomic E-state index is -0.246. The van der Waals surface area contributed by atoms with Crippen molar-refractivity contribution in [2.75, 3.05) is 0 Å². The average molecular weight is 1510 g/mol. The van der Waals surface area contributed by atoms with Crippen molar-refractivity contribution in [1.82, 2.24) is 29.5 Å². The van der Waals surface area contributed by atoms with Crippen LogP contribution in [0.4, 0.5) is 0 Å². The summed E-state index contributed by atoms with van der Waals surface area (Å²) in [5.74, 6) is 1.88. The summed E-state index contributed by atoms with van der Waals surface area (Å²) in [6, 6.07) is 92.8. The number of benzene rings is 10. The van der Waals surface area contributed by atoms with Crippen molar-refractivity contribution in [3.63, 3.8) is 0 Å². The zero-order chi connectivity index (χ0) is 59.5. The molecule has 0 atom stereocenters. The predicted molar refractivity (Wildman–Crippen MR) is 359 cm³/mol. The van der Waals surface area contributed by atoms with E-state index in [1.807, 2.05) is 122 Å². The fraction of sp³-hybridized carbons (Fsp3) is 0.110. The van der Waals surface area contributed by atoms with Gasteiger partial charge in [-0.2, -0.15) is 9.97 Å². The van der Waals surface area contributed by atoms with E-state index in [4.69, 9.17) is 15.0 Å². The van der Waals surface area contributed by atoms with Crippen LogP contribution in [0.3, 0.4) is 0 Å². The molecule has 3 aliphatic carbocycles. The normalized spacial score (nSPS) is 13.8. The summed E-state index contributed by atoms with van der Waals surface area (Å²) in [6.45, 7) is 14.1. The van der Waals surface area contributed by atoms with Crippen LogP contribution in [-0.4, -0.2) is 29.5 Å². The Morgan fingerprint density at radius 3 is 1.28 bits per heavy atom. The Hall–Kier alpha value is -9.39. The molecule has 10 aromatic carbocycles. The molecular formula is C82H60Ir2N6-2. The van der Waals surface area contributed by atoms with E-state index < -0.39 is 0 Å². The molecule has 0 spiro atoms. The number of hydrogen-bond donors (Lipinski definition) is 0. The number of para-hydroxylation sites is 1. The summed E-state index contributed by atoms with van der Waals surface area (Å²) < 4.78 is 2.22. The topological polar surface area (TPSA) is 69.4 Å². The Labute approximate surface area is 552 Å². The first kappa shape index (κ1) is 58.3. The molecule has 2 radical (unpaired) electrons. The van der Waals surface area contributed by atoms with Gasteiger partial charge >= 0.3 is 0 Å². The quantitative estimate of drug-likeness (QED) is 0.149. The van der Waals surface area contributed by atoms with Crippen molar-refractivity contribution in [3.05, 3.63) is 301 Å². The molecule has 0 fully saturated rings. The monoisotopic (exact) mass is 1510 g/mol. The van der Waals surface area contributed by atoms with Gasteiger partial charge in [-0.1, -0.05) is 205 Å². The van der Waals surface area contributed by atoms with Crippen LogP contribution in [0.1, 0.15) is 74.9 Å². The van der Waals surface area contributed by atoms with Gasteiger partial charge < -0.3 is 9.97 Å². The van der Waals surface area contributed by atoms with E-state index in [9.17, 15) is 0 Å². The first-order valence-electron chi connectivity index (χ1n) is 30.3. The molecule has 0 amide bonds. The second kappa shape index (κ2) is 22.6. The van der Waals surface area contributed by atoms with Gasteiger partial charge in [-0.25, -0.2) is 4.98 Å². The van der Waals surface area contributed by atoms with E-state index in [-0.39, 0.29) is 56.5 Å². The molecule has 6 nitrogen and oxygen atoms in total. The molecule has 0 saturated heterocycles. The minimum absolute atomic E-state index is 0. The van der Waals surface area contributed by atoms with Crippen LogP contribution in [0.5, 0.6) is 0 Å². The maximum absolute atomic E-state index is 5.15. The number of pyridine rings is 2. The first-order chi connectivity index (χ1) is 42.9. The Kier molecular flexibility index (Phi) is 14.6. The first-order valence-corrected chi connectivity index (χ1v) is 30.3. The largest absolute Gasteiger partial charge is 0.305 e. The summed E-state index contributed by atoms with van der Waals surface area (Å²) >= 11 is 0. The van der Waals surface area contributed by atoms with Crippen molar-refractivity contribution >= 4 is 21.8 Å². The van der Waals surface area contributed by atoms with Crippen LogP contribution in [-0.2, 0) is 56.5 Å². The van der Waals surface area contributed by atoms with E-state index in [1.54, 1.807) is 0 Å². The van der Waals surface area contributed by atoms with Crippen LogP contribution in [0, 0.1) is 12.1 Å². The third kappa shape index (κ3) is 9.55. The zero-order valence-electron chi connectivity index (χ0n) is 50.6. The number of rotatable bonds is 7. The van der Waals surface area contributed by atoms with E-state index in [0.717, 1.165) is 55.6 Å². The molecule has 90 heavy (non-hydrogen) atoms. The number of aromatic nitrogens is 6. The molecule has 0 N–H and O–H groups in total. The van der Waals surface area contributed by atoms with Crippen LogP contribution in [0.15, 0.2) is 255 Å². The third-order valence-corrected chi connectivity index (χ3v) is 18.9. The van der Waals surface area contributed by atoms with Gasteiger partial charge in [0.25, 0.3) is 0 Å². The SMILES string of the molecule is CC1(C)c2cc(-c3cc[c-]c(-c4ccccn4)c3)ccc2-c2cc3c4ccccc4n(-c4nc(-c5ccccc5)nc(-c5ccccc5)n4)c3cc21.CC1(C)c2ccccc2-c2cc3c(cc21)-c1ccc(-c2cc[c-]c(-c4ccccn4)c2)cc1C3(C)C.[Ir].[Ir]. The molecule has 0 unspecified atom stereocenters. The molecule has 0 bridgehead atoms. The van der Waals surface area contributed by atoms with Gasteiger partial charge in [-0.3, -0.25) is 4.57 Å². The van der Waals surface area contributed by atoms with Gasteiger partial charge in [-0.05, 0) is 132 Å². The average Bonchev–Trinajstić information content (AvgIpc) is 1.56. The van der Waals surface area contributed by atoms with Gasteiger partial charge in [0.2, 0.25) is 5.95 Å². The fourth-order valence-electron chi connectivity index (χ4n) is 14.2. The molecule has 0 aliphatic heterocycles. The van der Waals surface area contributed by atoms with Crippen molar-refractivity contribution in [2.24, 2.45) is 0 Å². The standard InChI is InChI=1S/C47H32N5.C35H28N.2Ir/c1-47(2)39-27-33(32-18-13-19-34(26-32)41-21-11-12-25-48-41)23-24-35(39)37-28-38-36-20-9-10-22-42(36)52(43(38)29-40(37)47)46-50-44(30-14-5-3-6-15-30)49-45(51-46)31-16-7-4-8-17-31;1-34(2)29-13-6-5-12-25(29)27-20-32-28(21-31(27)34)26-16-15-23(19-30(26)35(32,3)4)22-10-9-11-24(18-22)33-14-7-8-17-36-33;;/h3-18,20-29H,1-2H3;5-10,12-21H,1-4H3;;/q2*-1;;. The van der Waals surface area contributed by atoms with Gasteiger partial charge in [0.15, 0.2) is 11.6 Å². The smallest absolute Gasteiger partial charge is 0.238 e. The van der Waals surface area contributed by atoms with E-state index in [2.05, 4.69) is 202 Å². The zero-order valence-corrected chi connectivity index (χ0v) is 55.4. The van der Waals surface area contributed by atoms with Gasteiger partial charge in [0.1, 0.15) is 0 Å². The van der Waals surface area contributed by atoms with Crippen molar-refractivity contribution in [2.45, 2.75) is 57.8 Å². The van der Waals surface area contributed by atoms with E-state index in [0.29, 0.717) is 17.6 Å². The second-order valence-corrected chi connectivity index (χ2v) is 25.1. The molecule has 0 saturated carbocycles. The molecule has 4 heterocycles. The maximum atomic E-state index is 5.15. The number of fused-ring (bicyclic) bond motifs is 12. The molecule has 17 rings (SSSR count). The van der Waals surface area contributed by atoms with Crippen molar-refractivity contribution < 1.29 is 40.2 Å². The summed E-state index contributed by atoms with van der Waals surface area (Å²) in [4.78, 5) is 24.3. The Morgan fingerprint density at radius 2 is 0.744 bits per heavy atom. The fourth-order valence-corrected chi connectivity index (χ4v) is 14.2. The summed E-state index contributed by atoms with van der Waals surface area (Å²) in [5.41, 5.74) is 28.7. The van der Waals surface area contributed by atoms with E-state index >= 15 is 0 Å². The molecule has 4 aromatic heterocycles. The number of nitrogens with zero attached hydrogens (tertiary/aromatic N) is 6. The third-order valence-electron chi connectivity index (χ3n) is 18.9. The summed E-state index contributed by atoms with van der Waals surface area (Å²) in [5, 5.41) is 2.33. The summed E-state index contributed by atoms with van der Waals surface area (Å²) in [6.07, 6.45) is 3.66. The molecular weight excluding hydrogens is 1450 g/mol. The van der Waals surface area contributed by atoms with Crippen molar-refractivity contribution in [1.29, 1.82) is 0 Å². The maximum Gasteiger partial charge on any atom is 0.238 e. The molecule has 14 aromatic rings. The molecule has 438 valence electrons. The van der Waals surface area contributed by atoms with Crippen molar-refractivity contribution in [3.8, 4) is 107 Å². The van der Waals surface area contributed by atoms with E-state index in [1.165, 1.54) is 88.8 Å².